The van der Waals surface area contributed by atoms with Crippen molar-refractivity contribution in [2.45, 2.75) is 36.6 Å². The third-order valence-corrected chi connectivity index (χ3v) is 5.31. The first-order valence-electron chi connectivity index (χ1n) is 7.58. The van der Waals surface area contributed by atoms with E-state index in [1.807, 2.05) is 12.1 Å². The Kier molecular flexibility index (Phi) is 4.34. The van der Waals surface area contributed by atoms with Crippen molar-refractivity contribution in [3.63, 3.8) is 0 Å². The van der Waals surface area contributed by atoms with Crippen molar-refractivity contribution in [1.29, 1.82) is 0 Å². The van der Waals surface area contributed by atoms with Crippen LogP contribution in [0.4, 0.5) is 11.4 Å². The Labute approximate surface area is 131 Å². The highest BCUT2D eigenvalue weighted by Gasteiger charge is 2.15. The Bertz CT molecular complexity index is 706. The van der Waals surface area contributed by atoms with Gasteiger partial charge >= 0.3 is 0 Å². The van der Waals surface area contributed by atoms with E-state index in [1.54, 1.807) is 42.5 Å². The largest absolute Gasteiger partial charge is 0.382 e. The molecule has 0 bridgehead atoms. The topological polar surface area (TPSA) is 58.2 Å². The molecular weight excluding hydrogens is 296 g/mol. The molecule has 0 aromatic heterocycles. The van der Waals surface area contributed by atoms with Gasteiger partial charge in [0.05, 0.1) is 4.90 Å². The van der Waals surface area contributed by atoms with Crippen molar-refractivity contribution < 1.29 is 8.42 Å². The molecule has 0 aliphatic heterocycles. The van der Waals surface area contributed by atoms with E-state index in [4.69, 9.17) is 0 Å². The van der Waals surface area contributed by atoms with Crippen LogP contribution in [0.2, 0.25) is 0 Å². The molecule has 116 valence electrons. The lowest BCUT2D eigenvalue weighted by Gasteiger charge is -2.14. The van der Waals surface area contributed by atoms with Gasteiger partial charge in [-0.1, -0.05) is 31.0 Å². The number of nitrogens with one attached hydrogen (secondary N) is 2. The smallest absolute Gasteiger partial charge is 0.261 e. The molecule has 0 saturated heterocycles. The Morgan fingerprint density at radius 1 is 0.818 bits per heavy atom. The zero-order valence-electron chi connectivity index (χ0n) is 12.3. The van der Waals surface area contributed by atoms with E-state index in [0.717, 1.165) is 5.69 Å². The third kappa shape index (κ3) is 3.60. The summed E-state index contributed by atoms with van der Waals surface area (Å²) < 4.78 is 27.1. The summed E-state index contributed by atoms with van der Waals surface area (Å²) in [7, 11) is -3.52. The number of hydrogen-bond donors (Lipinski definition) is 2. The van der Waals surface area contributed by atoms with Crippen molar-refractivity contribution in [1.82, 2.24) is 0 Å². The number of benzene rings is 2. The summed E-state index contributed by atoms with van der Waals surface area (Å²) in [4.78, 5) is 0.267. The summed E-state index contributed by atoms with van der Waals surface area (Å²) in [5, 5.41) is 3.49. The maximum Gasteiger partial charge on any atom is 0.261 e. The van der Waals surface area contributed by atoms with E-state index in [9.17, 15) is 8.42 Å². The van der Waals surface area contributed by atoms with Crippen LogP contribution in [0.3, 0.4) is 0 Å². The first-order chi connectivity index (χ1) is 10.6. The van der Waals surface area contributed by atoms with Gasteiger partial charge in [0.15, 0.2) is 0 Å². The minimum atomic E-state index is -3.52. The van der Waals surface area contributed by atoms with E-state index in [0.29, 0.717) is 11.7 Å². The van der Waals surface area contributed by atoms with Crippen molar-refractivity contribution in [3.05, 3.63) is 54.6 Å². The number of rotatable bonds is 5. The van der Waals surface area contributed by atoms with Crippen molar-refractivity contribution in [2.24, 2.45) is 0 Å². The van der Waals surface area contributed by atoms with E-state index >= 15 is 0 Å². The summed E-state index contributed by atoms with van der Waals surface area (Å²) in [6, 6.07) is 16.3. The quantitative estimate of drug-likeness (QED) is 0.881. The van der Waals surface area contributed by atoms with Crippen LogP contribution in [0.15, 0.2) is 59.5 Å². The Morgan fingerprint density at radius 3 is 2.05 bits per heavy atom. The Morgan fingerprint density at radius 2 is 1.41 bits per heavy atom. The molecule has 1 aliphatic rings. The van der Waals surface area contributed by atoms with Crippen molar-refractivity contribution in [3.8, 4) is 0 Å². The van der Waals surface area contributed by atoms with E-state index in [1.165, 1.54) is 25.7 Å². The van der Waals surface area contributed by atoms with E-state index < -0.39 is 10.0 Å². The molecule has 5 heteroatoms. The highest BCUT2D eigenvalue weighted by atomic mass is 32.2. The van der Waals surface area contributed by atoms with Crippen LogP contribution >= 0.6 is 0 Å². The average molecular weight is 316 g/mol. The Balaban J connectivity index is 1.68. The van der Waals surface area contributed by atoms with Gasteiger partial charge in [0.1, 0.15) is 0 Å². The molecule has 0 unspecified atom stereocenters. The molecule has 1 aliphatic carbocycles. The second-order valence-corrected chi connectivity index (χ2v) is 7.30. The Hall–Kier alpha value is -2.01. The molecule has 2 aromatic rings. The summed E-state index contributed by atoms with van der Waals surface area (Å²) in [6.07, 6.45) is 4.99. The van der Waals surface area contributed by atoms with Gasteiger partial charge in [0.25, 0.3) is 10.0 Å². The molecule has 22 heavy (non-hydrogen) atoms. The zero-order chi connectivity index (χ0) is 15.4. The molecule has 0 spiro atoms. The van der Waals surface area contributed by atoms with Crippen LogP contribution in [-0.4, -0.2) is 14.5 Å². The van der Waals surface area contributed by atoms with Crippen LogP contribution in [-0.2, 0) is 10.0 Å². The molecule has 2 aromatic carbocycles. The lowest BCUT2D eigenvalue weighted by Crippen LogP contribution is -2.15. The van der Waals surface area contributed by atoms with Crippen LogP contribution in [0.1, 0.15) is 25.7 Å². The second-order valence-electron chi connectivity index (χ2n) is 5.62. The molecule has 4 nitrogen and oxygen atoms in total. The van der Waals surface area contributed by atoms with Crippen LogP contribution in [0, 0.1) is 0 Å². The maximum absolute atomic E-state index is 12.2. The lowest BCUT2D eigenvalue weighted by atomic mass is 10.2. The van der Waals surface area contributed by atoms with Crippen molar-refractivity contribution >= 4 is 21.4 Å². The standard InChI is InChI=1S/C17H20N2O2S/c20-22(21,17-8-2-1-3-9-17)19-16-12-10-15(11-13-16)18-14-6-4-5-7-14/h1-3,8-14,18-19H,4-7H2. The summed E-state index contributed by atoms with van der Waals surface area (Å²) >= 11 is 0. The number of hydrogen-bond acceptors (Lipinski definition) is 3. The number of sulfonamides is 1. The summed E-state index contributed by atoms with van der Waals surface area (Å²) in [6.45, 7) is 0. The summed E-state index contributed by atoms with van der Waals surface area (Å²) in [5.41, 5.74) is 1.61. The third-order valence-electron chi connectivity index (χ3n) is 3.92. The van der Waals surface area contributed by atoms with Gasteiger partial charge in [-0.3, -0.25) is 4.72 Å². The van der Waals surface area contributed by atoms with Gasteiger partial charge in [-0.05, 0) is 49.2 Å². The molecule has 0 radical (unpaired) electrons. The average Bonchev–Trinajstić information content (AvgIpc) is 3.03. The van der Waals surface area contributed by atoms with E-state index in [2.05, 4.69) is 10.0 Å². The highest BCUT2D eigenvalue weighted by molar-refractivity contribution is 7.92. The molecule has 0 atom stereocenters. The van der Waals surface area contributed by atoms with Gasteiger partial charge in [-0.15, -0.1) is 0 Å². The highest BCUT2D eigenvalue weighted by Crippen LogP contribution is 2.23. The van der Waals surface area contributed by atoms with Gasteiger partial charge < -0.3 is 5.32 Å². The van der Waals surface area contributed by atoms with Gasteiger partial charge in [0.2, 0.25) is 0 Å². The molecular formula is C17H20N2O2S. The van der Waals surface area contributed by atoms with Gasteiger partial charge in [0, 0.05) is 17.4 Å². The minimum absolute atomic E-state index is 0.267. The SMILES string of the molecule is O=S(=O)(Nc1ccc(NC2CCCC2)cc1)c1ccccc1. The fourth-order valence-electron chi connectivity index (χ4n) is 2.75. The predicted molar refractivity (Wildman–Crippen MR) is 89.6 cm³/mol. The lowest BCUT2D eigenvalue weighted by molar-refractivity contribution is 0.601. The van der Waals surface area contributed by atoms with Crippen LogP contribution in [0.5, 0.6) is 0 Å². The minimum Gasteiger partial charge on any atom is -0.382 e. The fourth-order valence-corrected chi connectivity index (χ4v) is 3.83. The first-order valence-corrected chi connectivity index (χ1v) is 9.06. The molecule has 2 N–H and O–H groups in total. The predicted octanol–water partition coefficient (Wildman–Crippen LogP) is 3.84. The second kappa shape index (κ2) is 6.40. The molecule has 0 heterocycles. The van der Waals surface area contributed by atoms with Gasteiger partial charge in [-0.2, -0.15) is 0 Å². The summed E-state index contributed by atoms with van der Waals surface area (Å²) in [5.74, 6) is 0. The van der Waals surface area contributed by atoms with Crippen LogP contribution in [0.25, 0.3) is 0 Å². The fraction of sp³-hybridized carbons (Fsp3) is 0.294. The molecule has 0 amide bonds. The van der Waals surface area contributed by atoms with Crippen molar-refractivity contribution in [2.75, 3.05) is 10.0 Å². The van der Waals surface area contributed by atoms with Gasteiger partial charge in [-0.25, -0.2) is 8.42 Å². The normalized spacial score (nSPS) is 15.6. The first kappa shape index (κ1) is 14.9. The number of anilines is 2. The maximum atomic E-state index is 12.2. The van der Waals surface area contributed by atoms with E-state index in [-0.39, 0.29) is 4.90 Å². The van der Waals surface area contributed by atoms with Crippen LogP contribution < -0.4 is 10.0 Å². The zero-order valence-corrected chi connectivity index (χ0v) is 13.1. The monoisotopic (exact) mass is 316 g/mol. The molecule has 1 saturated carbocycles. The molecule has 1 fully saturated rings. The molecule has 3 rings (SSSR count).